The summed E-state index contributed by atoms with van der Waals surface area (Å²) in [6.07, 6.45) is 2.86. The third kappa shape index (κ3) is 4.26. The maximum absolute atomic E-state index is 12.9. The Morgan fingerprint density at radius 1 is 1.24 bits per heavy atom. The van der Waals surface area contributed by atoms with E-state index in [1.807, 2.05) is 0 Å². The fourth-order valence-corrected chi connectivity index (χ4v) is 2.33. The minimum atomic E-state index is -0.313. The predicted octanol–water partition coefficient (Wildman–Crippen LogP) is 2.94. The molecule has 0 spiro atoms. The van der Waals surface area contributed by atoms with Crippen molar-refractivity contribution in [3.63, 3.8) is 0 Å². The van der Waals surface area contributed by atoms with E-state index in [0.717, 1.165) is 0 Å². The Morgan fingerprint density at radius 3 is 2.80 bits per heavy atom. The van der Waals surface area contributed by atoms with Crippen LogP contribution in [0.5, 0.6) is 0 Å². The second-order valence-electron chi connectivity index (χ2n) is 5.51. The first-order valence-corrected chi connectivity index (χ1v) is 7.92. The summed E-state index contributed by atoms with van der Waals surface area (Å²) in [5.41, 5.74) is 1.96. The Morgan fingerprint density at radius 2 is 2.04 bits per heavy atom. The number of benzene rings is 1. The summed E-state index contributed by atoms with van der Waals surface area (Å²) < 4.78 is 18.1. The molecule has 1 amide bonds. The number of carbonyl (C=O) groups is 1. The van der Waals surface area contributed by atoms with Crippen molar-refractivity contribution < 1.29 is 13.7 Å². The van der Waals surface area contributed by atoms with Crippen LogP contribution >= 0.6 is 0 Å². The summed E-state index contributed by atoms with van der Waals surface area (Å²) in [5.74, 6) is 0.436. The zero-order chi connectivity index (χ0) is 17.6. The van der Waals surface area contributed by atoms with Crippen LogP contribution in [0.2, 0.25) is 0 Å². The molecule has 2 heterocycles. The van der Waals surface area contributed by atoms with Crippen molar-refractivity contribution in [1.82, 2.24) is 20.4 Å². The quantitative estimate of drug-likeness (QED) is 0.698. The molecule has 7 heteroatoms. The molecule has 0 atom stereocenters. The van der Waals surface area contributed by atoms with Gasteiger partial charge >= 0.3 is 0 Å². The summed E-state index contributed by atoms with van der Waals surface area (Å²) >= 11 is 0. The molecular weight excluding hydrogens is 323 g/mol. The number of aromatic nitrogens is 3. The van der Waals surface area contributed by atoms with Gasteiger partial charge in [0.25, 0.3) is 5.91 Å². The number of hydrogen-bond donors (Lipinski definition) is 1. The number of amides is 1. The van der Waals surface area contributed by atoms with Gasteiger partial charge in [0.15, 0.2) is 0 Å². The summed E-state index contributed by atoms with van der Waals surface area (Å²) in [5, 5.41) is 6.73. The van der Waals surface area contributed by atoms with Gasteiger partial charge in [-0.15, -0.1) is 0 Å². The first kappa shape index (κ1) is 16.8. The van der Waals surface area contributed by atoms with Gasteiger partial charge in [-0.25, -0.2) is 4.39 Å². The molecule has 2 aromatic heterocycles. The third-order valence-corrected chi connectivity index (χ3v) is 3.68. The molecule has 3 aromatic rings. The highest BCUT2D eigenvalue weighted by molar-refractivity contribution is 5.95. The van der Waals surface area contributed by atoms with E-state index in [1.54, 1.807) is 37.4 Å². The molecule has 0 fully saturated rings. The van der Waals surface area contributed by atoms with Crippen LogP contribution in [-0.2, 0) is 6.42 Å². The number of nitrogens with zero attached hydrogens (tertiary/aromatic N) is 3. The van der Waals surface area contributed by atoms with Crippen molar-refractivity contribution in [2.45, 2.75) is 19.8 Å². The fourth-order valence-electron chi connectivity index (χ4n) is 2.33. The zero-order valence-electron chi connectivity index (χ0n) is 13.7. The molecule has 0 aliphatic carbocycles. The second kappa shape index (κ2) is 7.65. The maximum atomic E-state index is 12.9. The van der Waals surface area contributed by atoms with Crippen LogP contribution in [0.1, 0.15) is 28.4 Å². The van der Waals surface area contributed by atoms with E-state index in [4.69, 9.17) is 4.52 Å². The summed E-state index contributed by atoms with van der Waals surface area (Å²) in [6.45, 7) is 2.28. The number of halogens is 1. The van der Waals surface area contributed by atoms with Gasteiger partial charge in [-0.05, 0) is 49.7 Å². The topological polar surface area (TPSA) is 80.9 Å². The van der Waals surface area contributed by atoms with Crippen LogP contribution in [0.4, 0.5) is 4.39 Å². The van der Waals surface area contributed by atoms with Crippen molar-refractivity contribution in [2.24, 2.45) is 0 Å². The van der Waals surface area contributed by atoms with Crippen molar-refractivity contribution in [2.75, 3.05) is 6.54 Å². The van der Waals surface area contributed by atoms with Crippen molar-refractivity contribution in [3.05, 3.63) is 65.6 Å². The SMILES string of the molecule is Cc1ncccc1C(=O)NCCCc1nc(-c2ccc(F)cc2)no1. The van der Waals surface area contributed by atoms with Gasteiger partial charge in [0.1, 0.15) is 5.82 Å². The lowest BCUT2D eigenvalue weighted by molar-refractivity contribution is 0.0952. The van der Waals surface area contributed by atoms with E-state index < -0.39 is 0 Å². The Hall–Kier alpha value is -3.09. The number of aryl methyl sites for hydroxylation is 2. The van der Waals surface area contributed by atoms with Gasteiger partial charge in [0.2, 0.25) is 11.7 Å². The standard InChI is InChI=1S/C18H17FN4O2/c1-12-15(4-2-10-20-12)18(24)21-11-3-5-16-22-17(23-25-16)13-6-8-14(19)9-7-13/h2,4,6-10H,3,5,11H2,1H3,(H,21,24). The van der Waals surface area contributed by atoms with Gasteiger partial charge in [-0.1, -0.05) is 5.16 Å². The number of hydrogen-bond acceptors (Lipinski definition) is 5. The molecule has 0 saturated heterocycles. The average Bonchev–Trinajstić information content (AvgIpc) is 3.08. The maximum Gasteiger partial charge on any atom is 0.253 e. The normalized spacial score (nSPS) is 10.6. The predicted molar refractivity (Wildman–Crippen MR) is 89.3 cm³/mol. The van der Waals surface area contributed by atoms with Crippen LogP contribution < -0.4 is 5.32 Å². The van der Waals surface area contributed by atoms with E-state index in [2.05, 4.69) is 20.4 Å². The van der Waals surface area contributed by atoms with Crippen LogP contribution in [0.15, 0.2) is 47.1 Å². The van der Waals surface area contributed by atoms with Gasteiger partial charge in [-0.2, -0.15) is 4.98 Å². The molecule has 0 bridgehead atoms. The molecule has 0 aliphatic rings. The fraction of sp³-hybridized carbons (Fsp3) is 0.222. The molecular formula is C18H17FN4O2. The van der Waals surface area contributed by atoms with Crippen molar-refractivity contribution in [3.8, 4) is 11.4 Å². The number of pyridine rings is 1. The highest BCUT2D eigenvalue weighted by Gasteiger charge is 2.10. The first-order chi connectivity index (χ1) is 12.1. The lowest BCUT2D eigenvalue weighted by Gasteiger charge is -2.05. The first-order valence-electron chi connectivity index (χ1n) is 7.92. The summed E-state index contributed by atoms with van der Waals surface area (Å²) in [4.78, 5) is 20.4. The molecule has 0 aliphatic heterocycles. The van der Waals surface area contributed by atoms with E-state index in [0.29, 0.717) is 47.9 Å². The summed E-state index contributed by atoms with van der Waals surface area (Å²) in [6, 6.07) is 9.37. The van der Waals surface area contributed by atoms with Crippen LogP contribution in [0, 0.1) is 12.7 Å². The number of rotatable bonds is 6. The Kier molecular flexibility index (Phi) is 5.13. The molecule has 0 saturated carbocycles. The van der Waals surface area contributed by atoms with Crippen LogP contribution in [0.25, 0.3) is 11.4 Å². The minimum Gasteiger partial charge on any atom is -0.352 e. The van der Waals surface area contributed by atoms with Crippen molar-refractivity contribution in [1.29, 1.82) is 0 Å². The minimum absolute atomic E-state index is 0.150. The lowest BCUT2D eigenvalue weighted by Crippen LogP contribution is -2.25. The molecule has 3 rings (SSSR count). The molecule has 0 radical (unpaired) electrons. The largest absolute Gasteiger partial charge is 0.352 e. The highest BCUT2D eigenvalue weighted by atomic mass is 19.1. The lowest BCUT2D eigenvalue weighted by atomic mass is 10.2. The zero-order valence-corrected chi connectivity index (χ0v) is 13.7. The summed E-state index contributed by atoms with van der Waals surface area (Å²) in [7, 11) is 0. The van der Waals surface area contributed by atoms with Gasteiger partial charge in [-0.3, -0.25) is 9.78 Å². The molecule has 128 valence electrons. The van der Waals surface area contributed by atoms with E-state index in [9.17, 15) is 9.18 Å². The van der Waals surface area contributed by atoms with E-state index in [1.165, 1.54) is 12.1 Å². The Labute approximate surface area is 144 Å². The highest BCUT2D eigenvalue weighted by Crippen LogP contribution is 2.16. The van der Waals surface area contributed by atoms with Crippen LogP contribution in [0.3, 0.4) is 0 Å². The monoisotopic (exact) mass is 340 g/mol. The second-order valence-corrected chi connectivity index (χ2v) is 5.51. The number of carbonyl (C=O) groups excluding carboxylic acids is 1. The molecule has 6 nitrogen and oxygen atoms in total. The van der Waals surface area contributed by atoms with E-state index in [-0.39, 0.29) is 11.7 Å². The average molecular weight is 340 g/mol. The van der Waals surface area contributed by atoms with Gasteiger partial charge < -0.3 is 9.84 Å². The Bertz CT molecular complexity index is 862. The third-order valence-electron chi connectivity index (χ3n) is 3.68. The molecule has 0 unspecified atom stereocenters. The van der Waals surface area contributed by atoms with Crippen molar-refractivity contribution >= 4 is 5.91 Å². The Balaban J connectivity index is 1.49. The van der Waals surface area contributed by atoms with E-state index >= 15 is 0 Å². The van der Waals surface area contributed by atoms with Gasteiger partial charge in [0, 0.05) is 30.4 Å². The molecule has 25 heavy (non-hydrogen) atoms. The number of nitrogens with one attached hydrogen (secondary N) is 1. The van der Waals surface area contributed by atoms with Gasteiger partial charge in [0.05, 0.1) is 5.56 Å². The smallest absolute Gasteiger partial charge is 0.253 e. The molecule has 1 aromatic carbocycles. The van der Waals surface area contributed by atoms with Crippen LogP contribution in [-0.4, -0.2) is 27.6 Å². The molecule has 1 N–H and O–H groups in total.